The monoisotopic (exact) mass is 260 g/mol. The van der Waals surface area contributed by atoms with Crippen LogP contribution in [0.5, 0.6) is 5.75 Å². The van der Waals surface area contributed by atoms with Crippen LogP contribution in [0.4, 0.5) is 13.2 Å². The van der Waals surface area contributed by atoms with Crippen LogP contribution in [0.3, 0.4) is 0 Å². The van der Waals surface area contributed by atoms with Crippen LogP contribution in [0.25, 0.3) is 0 Å². The van der Waals surface area contributed by atoms with E-state index in [0.29, 0.717) is 12.8 Å². The first-order valence-electron chi connectivity index (χ1n) is 5.74. The first-order chi connectivity index (χ1) is 8.15. The first-order valence-corrected chi connectivity index (χ1v) is 5.74. The van der Waals surface area contributed by atoms with Crippen molar-refractivity contribution in [2.24, 2.45) is 0 Å². The van der Waals surface area contributed by atoms with E-state index in [0.717, 1.165) is 17.7 Å². The minimum absolute atomic E-state index is 0.261. The van der Waals surface area contributed by atoms with Gasteiger partial charge in [0.15, 0.2) is 0 Å². The van der Waals surface area contributed by atoms with Gasteiger partial charge in [0, 0.05) is 12.8 Å². The topological polar surface area (TPSA) is 29.5 Å². The van der Waals surface area contributed by atoms with Gasteiger partial charge in [-0.25, -0.2) is 0 Å². The number of benzene rings is 1. The Morgan fingerprint density at radius 1 is 1.33 bits per heavy atom. The Morgan fingerprint density at radius 2 is 2.00 bits per heavy atom. The molecule has 0 fully saturated rings. The lowest BCUT2D eigenvalue weighted by Crippen LogP contribution is -2.28. The third kappa shape index (κ3) is 2.96. The van der Waals surface area contributed by atoms with Crippen LogP contribution in [0, 0.1) is 0 Å². The molecular weight excluding hydrogens is 245 g/mol. The molecule has 0 bridgehead atoms. The molecule has 2 rings (SSSR count). The molecule has 100 valence electrons. The molecule has 1 heterocycles. The fourth-order valence-electron chi connectivity index (χ4n) is 2.15. The van der Waals surface area contributed by atoms with Gasteiger partial charge in [0.1, 0.15) is 11.9 Å². The highest BCUT2D eigenvalue weighted by molar-refractivity contribution is 5.41. The summed E-state index contributed by atoms with van der Waals surface area (Å²) in [7, 11) is 0. The van der Waals surface area contributed by atoms with Crippen molar-refractivity contribution in [3.8, 4) is 5.75 Å². The lowest BCUT2D eigenvalue weighted by molar-refractivity contribution is -0.137. The van der Waals surface area contributed by atoms with E-state index in [1.54, 1.807) is 13.8 Å². The summed E-state index contributed by atoms with van der Waals surface area (Å²) in [6.07, 6.45) is -3.68. The number of hydrogen-bond donors (Lipinski definition) is 1. The van der Waals surface area contributed by atoms with E-state index in [-0.39, 0.29) is 11.9 Å². The third-order valence-corrected chi connectivity index (χ3v) is 2.86. The summed E-state index contributed by atoms with van der Waals surface area (Å²) in [5.41, 5.74) is -0.832. The smallest absolute Gasteiger partial charge is 0.416 e. The quantitative estimate of drug-likeness (QED) is 0.885. The predicted molar refractivity (Wildman–Crippen MR) is 60.5 cm³/mol. The molecule has 1 aliphatic rings. The van der Waals surface area contributed by atoms with Crippen LogP contribution in [0.1, 0.15) is 31.4 Å². The second-order valence-electron chi connectivity index (χ2n) is 5.28. The van der Waals surface area contributed by atoms with Crippen molar-refractivity contribution in [2.45, 2.75) is 44.6 Å². The van der Waals surface area contributed by atoms with Gasteiger partial charge in [-0.3, -0.25) is 0 Å². The Hall–Kier alpha value is -1.23. The van der Waals surface area contributed by atoms with Gasteiger partial charge in [0.2, 0.25) is 0 Å². The van der Waals surface area contributed by atoms with Crippen molar-refractivity contribution in [3.05, 3.63) is 29.3 Å². The normalized spacial score (nSPS) is 19.6. The molecule has 0 radical (unpaired) electrons. The molecule has 0 aromatic heterocycles. The minimum Gasteiger partial charge on any atom is -0.490 e. The number of aliphatic hydroxyl groups is 1. The van der Waals surface area contributed by atoms with E-state index in [2.05, 4.69) is 0 Å². The fourth-order valence-corrected chi connectivity index (χ4v) is 2.15. The van der Waals surface area contributed by atoms with Crippen LogP contribution in [0.15, 0.2) is 18.2 Å². The maximum atomic E-state index is 12.5. The van der Waals surface area contributed by atoms with Crippen LogP contribution in [0.2, 0.25) is 0 Å². The summed E-state index contributed by atoms with van der Waals surface area (Å²) in [4.78, 5) is 0. The van der Waals surface area contributed by atoms with Crippen molar-refractivity contribution in [1.29, 1.82) is 0 Å². The summed E-state index contributed by atoms with van der Waals surface area (Å²) in [5.74, 6) is 0.277. The average molecular weight is 260 g/mol. The number of alkyl halides is 3. The molecule has 0 amide bonds. The maximum absolute atomic E-state index is 12.5. The van der Waals surface area contributed by atoms with E-state index in [1.807, 2.05) is 0 Å². The molecule has 1 unspecified atom stereocenters. The molecule has 0 saturated heterocycles. The first kappa shape index (κ1) is 13.2. The van der Waals surface area contributed by atoms with E-state index < -0.39 is 17.3 Å². The van der Waals surface area contributed by atoms with E-state index in [4.69, 9.17) is 4.74 Å². The summed E-state index contributed by atoms with van der Waals surface area (Å²) in [6, 6.07) is 3.54. The Labute approximate surface area is 103 Å². The highest BCUT2D eigenvalue weighted by atomic mass is 19.4. The maximum Gasteiger partial charge on any atom is 0.416 e. The van der Waals surface area contributed by atoms with Crippen LogP contribution < -0.4 is 4.74 Å². The SMILES string of the molecule is CC(C)(O)CC1Cc2ccc(C(F)(F)F)cc2O1. The lowest BCUT2D eigenvalue weighted by Gasteiger charge is -2.21. The highest BCUT2D eigenvalue weighted by Gasteiger charge is 2.34. The van der Waals surface area contributed by atoms with Crippen LogP contribution in [-0.2, 0) is 12.6 Å². The molecule has 1 aromatic carbocycles. The van der Waals surface area contributed by atoms with Gasteiger partial charge in [-0.2, -0.15) is 13.2 Å². The van der Waals surface area contributed by atoms with Crippen molar-refractivity contribution in [1.82, 2.24) is 0 Å². The zero-order valence-electron chi connectivity index (χ0n) is 10.2. The Balaban J connectivity index is 2.16. The molecule has 2 nitrogen and oxygen atoms in total. The van der Waals surface area contributed by atoms with Crippen molar-refractivity contribution in [3.63, 3.8) is 0 Å². The number of fused-ring (bicyclic) bond motifs is 1. The fraction of sp³-hybridized carbons (Fsp3) is 0.538. The predicted octanol–water partition coefficient (Wildman–Crippen LogP) is 3.17. The molecule has 0 spiro atoms. The summed E-state index contributed by atoms with van der Waals surface area (Å²) < 4.78 is 43.0. The minimum atomic E-state index is -4.35. The second kappa shape index (κ2) is 4.16. The molecular formula is C13H15F3O2. The number of rotatable bonds is 2. The van der Waals surface area contributed by atoms with Crippen LogP contribution >= 0.6 is 0 Å². The molecule has 1 aromatic rings. The molecule has 18 heavy (non-hydrogen) atoms. The zero-order valence-corrected chi connectivity index (χ0v) is 10.2. The molecule has 1 atom stereocenters. The van der Waals surface area contributed by atoms with Gasteiger partial charge in [0.25, 0.3) is 0 Å². The number of halogens is 3. The zero-order chi connectivity index (χ0) is 13.6. The largest absolute Gasteiger partial charge is 0.490 e. The summed E-state index contributed by atoms with van der Waals surface area (Å²) >= 11 is 0. The van der Waals surface area contributed by atoms with Gasteiger partial charge in [-0.1, -0.05) is 6.07 Å². The van der Waals surface area contributed by atoms with Gasteiger partial charge in [-0.05, 0) is 31.5 Å². The molecule has 5 heteroatoms. The average Bonchev–Trinajstić information content (AvgIpc) is 2.53. The van der Waals surface area contributed by atoms with E-state index >= 15 is 0 Å². The standard InChI is InChI=1S/C13H15F3O2/c1-12(2,17)7-10-5-8-3-4-9(13(14,15)16)6-11(8)18-10/h3-4,6,10,17H,5,7H2,1-2H3. The molecule has 1 aliphatic heterocycles. The van der Waals surface area contributed by atoms with Crippen molar-refractivity contribution < 1.29 is 23.0 Å². The van der Waals surface area contributed by atoms with Gasteiger partial charge in [0.05, 0.1) is 11.2 Å². The van der Waals surface area contributed by atoms with Crippen molar-refractivity contribution >= 4 is 0 Å². The van der Waals surface area contributed by atoms with Gasteiger partial charge >= 0.3 is 6.18 Å². The summed E-state index contributed by atoms with van der Waals surface area (Å²) in [6.45, 7) is 3.31. The van der Waals surface area contributed by atoms with Crippen LogP contribution in [-0.4, -0.2) is 16.8 Å². The second-order valence-corrected chi connectivity index (χ2v) is 5.28. The number of hydrogen-bond acceptors (Lipinski definition) is 2. The Kier molecular flexibility index (Phi) is 3.05. The lowest BCUT2D eigenvalue weighted by atomic mass is 9.98. The van der Waals surface area contributed by atoms with Gasteiger partial charge < -0.3 is 9.84 Å². The Morgan fingerprint density at radius 3 is 2.56 bits per heavy atom. The van der Waals surface area contributed by atoms with E-state index in [1.165, 1.54) is 6.07 Å². The third-order valence-electron chi connectivity index (χ3n) is 2.86. The molecule has 0 aliphatic carbocycles. The summed E-state index contributed by atoms with van der Waals surface area (Å²) in [5, 5.41) is 9.68. The van der Waals surface area contributed by atoms with Crippen molar-refractivity contribution in [2.75, 3.05) is 0 Å². The Bertz CT molecular complexity index is 447. The van der Waals surface area contributed by atoms with Gasteiger partial charge in [-0.15, -0.1) is 0 Å². The number of ether oxygens (including phenoxy) is 1. The molecule has 0 saturated carbocycles. The molecule has 1 N–H and O–H groups in total. The van der Waals surface area contributed by atoms with E-state index in [9.17, 15) is 18.3 Å². The highest BCUT2D eigenvalue weighted by Crippen LogP contribution is 2.37.